The molecule has 6 heteroatoms. The molecule has 1 aliphatic rings. The number of nitrogens with zero attached hydrogens (tertiary/aromatic N) is 1. The molecule has 0 aromatic heterocycles. The van der Waals surface area contributed by atoms with Gasteiger partial charge in [0.2, 0.25) is 5.91 Å². The van der Waals surface area contributed by atoms with Crippen LogP contribution >= 0.6 is 11.6 Å². The minimum absolute atomic E-state index is 0.246. The molecule has 0 bridgehead atoms. The molecule has 5 nitrogen and oxygen atoms in total. The maximum absolute atomic E-state index is 11.8. The predicted octanol–water partition coefficient (Wildman–Crippen LogP) is 2.66. The number of rotatable bonds is 5. The molecule has 1 aromatic carbocycles. The molecule has 1 heterocycles. The molecule has 0 spiro atoms. The summed E-state index contributed by atoms with van der Waals surface area (Å²) in [7, 11) is 0. The Kier molecular flexibility index (Phi) is 4.42. The fourth-order valence-corrected chi connectivity index (χ4v) is 3.40. The number of aliphatic carboxylic acids is 1. The zero-order valence-electron chi connectivity index (χ0n) is 11.9. The number of carboxylic acids is 1. The second-order valence-electron chi connectivity index (χ2n) is 5.37. The van der Waals surface area contributed by atoms with E-state index >= 15 is 0 Å². The minimum atomic E-state index is -0.883. The number of nitrogens with two attached hydrogens (primary N) is 1. The molecule has 1 aromatic rings. The summed E-state index contributed by atoms with van der Waals surface area (Å²) >= 11 is 6.08. The number of hydrogen-bond donors (Lipinski definition) is 2. The van der Waals surface area contributed by atoms with Gasteiger partial charge in [-0.15, -0.1) is 0 Å². The van der Waals surface area contributed by atoms with E-state index < -0.39 is 17.4 Å². The molecule has 3 N–H and O–H groups in total. The third-order valence-corrected chi connectivity index (χ3v) is 4.39. The van der Waals surface area contributed by atoms with Gasteiger partial charge in [0, 0.05) is 12.2 Å². The lowest BCUT2D eigenvalue weighted by atomic mass is 9.90. The van der Waals surface area contributed by atoms with Gasteiger partial charge in [-0.1, -0.05) is 24.9 Å². The van der Waals surface area contributed by atoms with Gasteiger partial charge in [0.25, 0.3) is 0 Å². The highest BCUT2D eigenvalue weighted by atomic mass is 35.5. The summed E-state index contributed by atoms with van der Waals surface area (Å²) in [5, 5.41) is 9.94. The smallest absolute Gasteiger partial charge is 0.329 e. The van der Waals surface area contributed by atoms with Crippen molar-refractivity contribution in [3.63, 3.8) is 0 Å². The van der Waals surface area contributed by atoms with Crippen LogP contribution in [0.4, 0.5) is 5.69 Å². The van der Waals surface area contributed by atoms with Crippen molar-refractivity contribution in [2.45, 2.75) is 38.1 Å². The van der Waals surface area contributed by atoms with Crippen LogP contribution in [0.2, 0.25) is 5.02 Å². The van der Waals surface area contributed by atoms with Crippen molar-refractivity contribution in [2.24, 2.45) is 5.73 Å². The average molecular weight is 311 g/mol. The maximum Gasteiger partial charge on any atom is 0.329 e. The van der Waals surface area contributed by atoms with Crippen LogP contribution < -0.4 is 10.6 Å². The normalized spacial score (nSPS) is 21.5. The number of amides is 1. The maximum atomic E-state index is 11.8. The van der Waals surface area contributed by atoms with Gasteiger partial charge in [-0.25, -0.2) is 4.79 Å². The molecular weight excluding hydrogens is 292 g/mol. The second kappa shape index (κ2) is 5.93. The summed E-state index contributed by atoms with van der Waals surface area (Å²) < 4.78 is 0. The monoisotopic (exact) mass is 310 g/mol. The van der Waals surface area contributed by atoms with E-state index in [4.69, 9.17) is 17.3 Å². The Hall–Kier alpha value is -1.75. The van der Waals surface area contributed by atoms with Gasteiger partial charge >= 0.3 is 5.97 Å². The molecule has 1 aliphatic heterocycles. The number of anilines is 1. The highest BCUT2D eigenvalue weighted by molar-refractivity contribution is 6.34. The fraction of sp³-hybridized carbons (Fsp3) is 0.467. The number of primary amides is 1. The van der Waals surface area contributed by atoms with Gasteiger partial charge in [0.15, 0.2) is 0 Å². The number of halogens is 1. The van der Waals surface area contributed by atoms with Gasteiger partial charge in [-0.3, -0.25) is 4.79 Å². The van der Waals surface area contributed by atoms with Crippen LogP contribution in [0.3, 0.4) is 0 Å². The third-order valence-electron chi connectivity index (χ3n) is 4.08. The first-order valence-electron chi connectivity index (χ1n) is 7.03. The molecule has 114 valence electrons. The van der Waals surface area contributed by atoms with E-state index in [1.165, 1.54) is 0 Å². The highest BCUT2D eigenvalue weighted by Gasteiger charge is 2.47. The van der Waals surface area contributed by atoms with E-state index in [1.54, 1.807) is 18.2 Å². The Labute approximate surface area is 128 Å². The first-order chi connectivity index (χ1) is 9.92. The lowest BCUT2D eigenvalue weighted by Crippen LogP contribution is -2.50. The number of hydrogen-bond acceptors (Lipinski definition) is 3. The van der Waals surface area contributed by atoms with Gasteiger partial charge in [-0.2, -0.15) is 0 Å². The van der Waals surface area contributed by atoms with Crippen molar-refractivity contribution < 1.29 is 14.7 Å². The first-order valence-corrected chi connectivity index (χ1v) is 7.40. The molecule has 0 radical (unpaired) electrons. The van der Waals surface area contributed by atoms with E-state index in [0.29, 0.717) is 19.4 Å². The van der Waals surface area contributed by atoms with Crippen LogP contribution in [0.25, 0.3) is 0 Å². The lowest BCUT2D eigenvalue weighted by Gasteiger charge is -2.36. The van der Waals surface area contributed by atoms with Gasteiger partial charge in [0.05, 0.1) is 10.6 Å². The first kappa shape index (κ1) is 15.6. The Morgan fingerprint density at radius 3 is 2.71 bits per heavy atom. The van der Waals surface area contributed by atoms with Crippen molar-refractivity contribution in [2.75, 3.05) is 11.4 Å². The molecule has 1 amide bonds. The van der Waals surface area contributed by atoms with Crippen molar-refractivity contribution in [1.29, 1.82) is 0 Å². The molecule has 2 rings (SSSR count). The van der Waals surface area contributed by atoms with Crippen LogP contribution in [0.15, 0.2) is 18.2 Å². The standard InChI is InChI=1S/C15H19ClN2O3/c1-2-6-15(14(20)21)7-3-8-18(15)10-4-5-11(13(17)19)12(16)9-10/h4-5,9H,2-3,6-8H2,1H3,(H2,17,19)(H,20,21). The summed E-state index contributed by atoms with van der Waals surface area (Å²) in [4.78, 5) is 24.9. The van der Waals surface area contributed by atoms with E-state index in [2.05, 4.69) is 0 Å². The predicted molar refractivity (Wildman–Crippen MR) is 81.8 cm³/mol. The van der Waals surface area contributed by atoms with E-state index in [1.807, 2.05) is 11.8 Å². The number of benzene rings is 1. The van der Waals surface area contributed by atoms with Gasteiger partial charge < -0.3 is 15.7 Å². The van der Waals surface area contributed by atoms with Crippen LogP contribution in [0.5, 0.6) is 0 Å². The van der Waals surface area contributed by atoms with Crippen molar-refractivity contribution in [3.05, 3.63) is 28.8 Å². The van der Waals surface area contributed by atoms with E-state index in [-0.39, 0.29) is 10.6 Å². The lowest BCUT2D eigenvalue weighted by molar-refractivity contribution is -0.143. The number of carboxylic acid groups (broad SMARTS) is 1. The van der Waals surface area contributed by atoms with Gasteiger partial charge in [0.1, 0.15) is 5.54 Å². The summed E-state index contributed by atoms with van der Waals surface area (Å²) in [5.41, 5.74) is 5.32. The van der Waals surface area contributed by atoms with Crippen LogP contribution in [0.1, 0.15) is 43.0 Å². The Morgan fingerprint density at radius 2 is 2.19 bits per heavy atom. The van der Waals surface area contributed by atoms with Gasteiger partial charge in [-0.05, 0) is 37.5 Å². The molecule has 1 unspecified atom stereocenters. The van der Waals surface area contributed by atoms with E-state index in [0.717, 1.165) is 18.5 Å². The number of carbonyl (C=O) groups is 2. The Balaban J connectivity index is 2.42. The molecule has 0 aliphatic carbocycles. The van der Waals surface area contributed by atoms with Crippen LogP contribution in [-0.4, -0.2) is 29.1 Å². The van der Waals surface area contributed by atoms with Crippen LogP contribution in [-0.2, 0) is 4.79 Å². The average Bonchev–Trinajstić information content (AvgIpc) is 2.83. The van der Waals surface area contributed by atoms with E-state index in [9.17, 15) is 14.7 Å². The van der Waals surface area contributed by atoms with Crippen molar-refractivity contribution >= 4 is 29.2 Å². The summed E-state index contributed by atoms with van der Waals surface area (Å²) in [6.07, 6.45) is 2.81. The van der Waals surface area contributed by atoms with Crippen LogP contribution in [0, 0.1) is 0 Å². The van der Waals surface area contributed by atoms with Crippen molar-refractivity contribution in [1.82, 2.24) is 0 Å². The summed E-state index contributed by atoms with van der Waals surface area (Å²) in [5.74, 6) is -1.40. The third kappa shape index (κ3) is 2.70. The summed E-state index contributed by atoms with van der Waals surface area (Å²) in [6.45, 7) is 2.64. The quantitative estimate of drug-likeness (QED) is 0.875. The zero-order valence-corrected chi connectivity index (χ0v) is 12.7. The Bertz CT molecular complexity index is 576. The molecule has 21 heavy (non-hydrogen) atoms. The molecular formula is C15H19ClN2O3. The molecule has 1 saturated heterocycles. The molecule has 1 atom stereocenters. The molecule has 0 saturated carbocycles. The fourth-order valence-electron chi connectivity index (χ4n) is 3.13. The largest absolute Gasteiger partial charge is 0.479 e. The topological polar surface area (TPSA) is 83.6 Å². The van der Waals surface area contributed by atoms with Crippen molar-refractivity contribution in [3.8, 4) is 0 Å². The second-order valence-corrected chi connectivity index (χ2v) is 5.78. The minimum Gasteiger partial charge on any atom is -0.479 e. The Morgan fingerprint density at radius 1 is 1.48 bits per heavy atom. The summed E-state index contributed by atoms with van der Waals surface area (Å²) in [6, 6.07) is 4.89. The highest BCUT2D eigenvalue weighted by Crippen LogP contribution is 2.39. The number of carbonyl (C=O) groups excluding carboxylic acids is 1. The SMILES string of the molecule is CCCC1(C(=O)O)CCCN1c1ccc(C(N)=O)c(Cl)c1. The zero-order chi connectivity index (χ0) is 15.6. The molecule has 1 fully saturated rings.